The third-order valence-electron chi connectivity index (χ3n) is 1.94. The molecule has 1 aliphatic rings. The quantitative estimate of drug-likeness (QED) is 0.621. The second-order valence-electron chi connectivity index (χ2n) is 3.08. The fourth-order valence-corrected chi connectivity index (χ4v) is 2.29. The first-order valence-electron chi connectivity index (χ1n) is 4.04. The molecule has 0 N–H and O–H groups in total. The molecule has 5 heteroatoms. The molecule has 1 heterocycles. The number of nitrogens with zero attached hydrogens (tertiary/aromatic N) is 2. The maximum atomic E-state index is 11.5. The summed E-state index contributed by atoms with van der Waals surface area (Å²) in [5.74, 6) is 0. The molecule has 1 aliphatic heterocycles. The second kappa shape index (κ2) is 3.72. The van der Waals surface area contributed by atoms with E-state index in [2.05, 4.69) is 0 Å². The monoisotopic (exact) mass is 191 g/mol. The van der Waals surface area contributed by atoms with Gasteiger partial charge in [0.25, 0.3) is 10.2 Å². The Labute approximate surface area is 74.3 Å². The van der Waals surface area contributed by atoms with Crippen LogP contribution in [-0.4, -0.2) is 44.2 Å². The summed E-state index contributed by atoms with van der Waals surface area (Å²) in [6.07, 6.45) is 3.97. The van der Waals surface area contributed by atoms with Crippen molar-refractivity contribution in [3.8, 4) is 0 Å². The van der Waals surface area contributed by atoms with Crippen molar-refractivity contribution in [2.45, 2.75) is 12.8 Å². The zero-order valence-electron chi connectivity index (χ0n) is 7.52. The highest BCUT2D eigenvalue weighted by molar-refractivity contribution is 7.86. The van der Waals surface area contributed by atoms with Crippen LogP contribution in [0.4, 0.5) is 0 Å². The van der Waals surface area contributed by atoms with Gasteiger partial charge in [-0.1, -0.05) is 0 Å². The van der Waals surface area contributed by atoms with Gasteiger partial charge in [-0.05, 0) is 19.3 Å². The molecule has 0 aliphatic carbocycles. The van der Waals surface area contributed by atoms with Gasteiger partial charge in [0.2, 0.25) is 0 Å². The van der Waals surface area contributed by atoms with Gasteiger partial charge in [0.15, 0.2) is 0 Å². The first-order chi connectivity index (χ1) is 5.55. The summed E-state index contributed by atoms with van der Waals surface area (Å²) in [6, 6.07) is 0. The normalized spacial score (nSPS) is 21.6. The molecule has 71 valence electrons. The Morgan fingerprint density at radius 1 is 1.42 bits per heavy atom. The minimum Gasteiger partial charge on any atom is -0.195 e. The molecule has 0 aromatic heterocycles. The van der Waals surface area contributed by atoms with Gasteiger partial charge < -0.3 is 0 Å². The van der Waals surface area contributed by atoms with E-state index in [9.17, 15) is 8.42 Å². The molecular formula is C7H15N2O2S. The van der Waals surface area contributed by atoms with Crippen LogP contribution in [0.5, 0.6) is 0 Å². The number of hydrogen-bond acceptors (Lipinski definition) is 2. The third kappa shape index (κ3) is 1.97. The lowest BCUT2D eigenvalue weighted by atomic mass is 10.2. The van der Waals surface area contributed by atoms with E-state index in [1.165, 1.54) is 8.61 Å². The average molecular weight is 191 g/mol. The molecule has 12 heavy (non-hydrogen) atoms. The zero-order chi connectivity index (χ0) is 9.19. The second-order valence-corrected chi connectivity index (χ2v) is 5.22. The van der Waals surface area contributed by atoms with Crippen LogP contribution in [0, 0.1) is 6.42 Å². The number of hydrogen-bond donors (Lipinski definition) is 0. The van der Waals surface area contributed by atoms with Crippen molar-refractivity contribution in [1.29, 1.82) is 0 Å². The maximum absolute atomic E-state index is 11.5. The standard InChI is InChI=1S/C7H15N2O2S/c1-8(2)12(10,11)9-6-4-3-5-7-9/h4H,3,5-7H2,1-2H3. The lowest BCUT2D eigenvalue weighted by Gasteiger charge is -2.28. The molecule has 0 atom stereocenters. The lowest BCUT2D eigenvalue weighted by Crippen LogP contribution is -2.42. The van der Waals surface area contributed by atoms with E-state index < -0.39 is 10.2 Å². The van der Waals surface area contributed by atoms with Gasteiger partial charge in [-0.2, -0.15) is 17.0 Å². The van der Waals surface area contributed by atoms with Gasteiger partial charge in [0.05, 0.1) is 0 Å². The third-order valence-corrected chi connectivity index (χ3v) is 3.84. The van der Waals surface area contributed by atoms with E-state index in [1.807, 2.05) is 6.42 Å². The molecule has 0 aromatic rings. The van der Waals surface area contributed by atoms with E-state index in [4.69, 9.17) is 0 Å². The predicted octanol–water partition coefficient (Wildman–Crippen LogP) is 0.0929. The van der Waals surface area contributed by atoms with Crippen molar-refractivity contribution in [2.24, 2.45) is 0 Å². The molecule has 4 nitrogen and oxygen atoms in total. The molecule has 0 bridgehead atoms. The first-order valence-corrected chi connectivity index (χ1v) is 5.44. The molecule has 0 aromatic carbocycles. The van der Waals surface area contributed by atoms with Crippen LogP contribution in [0.25, 0.3) is 0 Å². The summed E-state index contributed by atoms with van der Waals surface area (Å²) in [5.41, 5.74) is 0. The summed E-state index contributed by atoms with van der Waals surface area (Å²) in [7, 11) is -0.0456. The Bertz CT molecular complexity index is 230. The fraction of sp³-hybridized carbons (Fsp3) is 0.857. The van der Waals surface area contributed by atoms with Crippen LogP contribution in [-0.2, 0) is 10.2 Å². The van der Waals surface area contributed by atoms with Crippen LogP contribution >= 0.6 is 0 Å². The van der Waals surface area contributed by atoms with Crippen molar-refractivity contribution < 1.29 is 8.42 Å². The minimum absolute atomic E-state index is 0.556. The summed E-state index contributed by atoms with van der Waals surface area (Å²) in [4.78, 5) is 0. The van der Waals surface area contributed by atoms with E-state index in [1.54, 1.807) is 14.1 Å². The average Bonchev–Trinajstić information content (AvgIpc) is 2.06. The van der Waals surface area contributed by atoms with E-state index >= 15 is 0 Å². The molecule has 1 radical (unpaired) electrons. The van der Waals surface area contributed by atoms with Crippen molar-refractivity contribution in [3.05, 3.63) is 6.42 Å². The maximum Gasteiger partial charge on any atom is 0.281 e. The SMILES string of the molecule is CN(C)S(=O)(=O)N1C[CH]CCC1. The van der Waals surface area contributed by atoms with Crippen molar-refractivity contribution in [1.82, 2.24) is 8.61 Å². The number of piperidine rings is 1. The van der Waals surface area contributed by atoms with Crippen LogP contribution in [0.3, 0.4) is 0 Å². The van der Waals surface area contributed by atoms with Crippen LogP contribution in [0.15, 0.2) is 0 Å². The zero-order valence-corrected chi connectivity index (χ0v) is 8.34. The van der Waals surface area contributed by atoms with Gasteiger partial charge in [-0.15, -0.1) is 0 Å². The van der Waals surface area contributed by atoms with Crippen molar-refractivity contribution in [3.63, 3.8) is 0 Å². The highest BCUT2D eigenvalue weighted by Crippen LogP contribution is 2.13. The molecular weight excluding hydrogens is 176 g/mol. The molecule has 1 saturated heterocycles. The summed E-state index contributed by atoms with van der Waals surface area (Å²) in [5, 5.41) is 0. The van der Waals surface area contributed by atoms with Gasteiger partial charge in [-0.3, -0.25) is 0 Å². The van der Waals surface area contributed by atoms with Gasteiger partial charge in [0.1, 0.15) is 0 Å². The smallest absolute Gasteiger partial charge is 0.195 e. The van der Waals surface area contributed by atoms with Crippen molar-refractivity contribution >= 4 is 10.2 Å². The number of rotatable bonds is 2. The minimum atomic E-state index is -3.16. The van der Waals surface area contributed by atoms with Crippen LogP contribution in [0.1, 0.15) is 12.8 Å². The molecule has 0 saturated carbocycles. The molecule has 1 rings (SSSR count). The Kier molecular flexibility index (Phi) is 3.09. The van der Waals surface area contributed by atoms with E-state index in [0.29, 0.717) is 13.1 Å². The predicted molar refractivity (Wildman–Crippen MR) is 47.7 cm³/mol. The molecule has 0 spiro atoms. The summed E-state index contributed by atoms with van der Waals surface area (Å²) in [6.45, 7) is 1.21. The highest BCUT2D eigenvalue weighted by atomic mass is 32.2. The molecule has 1 fully saturated rings. The molecule has 0 amide bonds. The topological polar surface area (TPSA) is 40.6 Å². The van der Waals surface area contributed by atoms with Gasteiger partial charge >= 0.3 is 0 Å². The van der Waals surface area contributed by atoms with Gasteiger partial charge in [0, 0.05) is 27.2 Å². The Balaban J connectivity index is 2.67. The first kappa shape index (κ1) is 9.95. The lowest BCUT2D eigenvalue weighted by molar-refractivity contribution is 0.360. The van der Waals surface area contributed by atoms with Crippen LogP contribution < -0.4 is 0 Å². The fourth-order valence-electron chi connectivity index (χ4n) is 1.18. The van der Waals surface area contributed by atoms with E-state index in [-0.39, 0.29) is 0 Å². The Morgan fingerprint density at radius 2 is 2.08 bits per heavy atom. The highest BCUT2D eigenvalue weighted by Gasteiger charge is 2.25. The Morgan fingerprint density at radius 3 is 2.50 bits per heavy atom. The largest absolute Gasteiger partial charge is 0.281 e. The van der Waals surface area contributed by atoms with Crippen molar-refractivity contribution in [2.75, 3.05) is 27.2 Å². The summed E-state index contributed by atoms with van der Waals surface area (Å²) < 4.78 is 25.8. The molecule has 0 unspecified atom stereocenters. The van der Waals surface area contributed by atoms with Crippen LogP contribution in [0.2, 0.25) is 0 Å². The Hall–Kier alpha value is -0.130. The summed E-state index contributed by atoms with van der Waals surface area (Å²) >= 11 is 0. The van der Waals surface area contributed by atoms with E-state index in [0.717, 1.165) is 12.8 Å². The van der Waals surface area contributed by atoms with Gasteiger partial charge in [-0.25, -0.2) is 0 Å².